The molecule has 1 fully saturated rings. The summed E-state index contributed by atoms with van der Waals surface area (Å²) >= 11 is 12.0. The highest BCUT2D eigenvalue weighted by Gasteiger charge is 2.40. The number of carbonyl (C=O) groups is 2. The summed E-state index contributed by atoms with van der Waals surface area (Å²) in [6.07, 6.45) is 0.0375. The second kappa shape index (κ2) is 6.71. The number of ether oxygens (including phenoxy) is 1. The molecule has 2 amide bonds. The summed E-state index contributed by atoms with van der Waals surface area (Å²) in [7, 11) is 1.54. The largest absolute Gasteiger partial charge is 0.495 e. The van der Waals surface area contributed by atoms with Crippen LogP contribution in [-0.4, -0.2) is 25.0 Å². The molecule has 0 saturated carbocycles. The van der Waals surface area contributed by atoms with Crippen molar-refractivity contribution in [3.63, 3.8) is 0 Å². The lowest BCUT2D eigenvalue weighted by Crippen LogP contribution is -2.35. The molecule has 0 bridgehead atoms. The van der Waals surface area contributed by atoms with E-state index in [1.807, 2.05) is 12.1 Å². The molecule has 0 radical (unpaired) electrons. The molecule has 1 atom stereocenters. The summed E-state index contributed by atoms with van der Waals surface area (Å²) in [5, 5.41) is 3.75. The maximum atomic E-state index is 12.7. The van der Waals surface area contributed by atoms with Crippen LogP contribution in [0.4, 0.5) is 11.4 Å². The monoisotopic (exact) mass is 364 g/mol. The van der Waals surface area contributed by atoms with E-state index in [9.17, 15) is 9.59 Å². The van der Waals surface area contributed by atoms with Crippen LogP contribution >= 0.6 is 23.2 Å². The smallest absolute Gasteiger partial charge is 0.256 e. The molecule has 0 spiro atoms. The van der Waals surface area contributed by atoms with E-state index in [0.717, 1.165) is 4.90 Å². The molecule has 1 unspecified atom stereocenters. The fraction of sp³-hybridized carbons (Fsp3) is 0.176. The van der Waals surface area contributed by atoms with Gasteiger partial charge in [0.05, 0.1) is 29.9 Å². The van der Waals surface area contributed by atoms with Gasteiger partial charge in [-0.25, -0.2) is 4.90 Å². The van der Waals surface area contributed by atoms with Crippen molar-refractivity contribution < 1.29 is 14.3 Å². The van der Waals surface area contributed by atoms with E-state index in [1.54, 1.807) is 31.4 Å². The van der Waals surface area contributed by atoms with Crippen molar-refractivity contribution in [1.82, 2.24) is 0 Å². The normalized spacial score (nSPS) is 17.3. The molecule has 1 heterocycles. The Kier molecular flexibility index (Phi) is 4.64. The molecule has 0 aliphatic carbocycles. The van der Waals surface area contributed by atoms with Gasteiger partial charge < -0.3 is 10.1 Å². The minimum atomic E-state index is -0.680. The molecular weight excluding hydrogens is 351 g/mol. The predicted molar refractivity (Wildman–Crippen MR) is 94.0 cm³/mol. The second-order valence-corrected chi connectivity index (χ2v) is 6.11. The number of anilines is 2. The van der Waals surface area contributed by atoms with Gasteiger partial charge in [0, 0.05) is 5.02 Å². The number of amides is 2. The summed E-state index contributed by atoms with van der Waals surface area (Å²) in [5.41, 5.74) is 0.982. The maximum absolute atomic E-state index is 12.7. The van der Waals surface area contributed by atoms with Crippen molar-refractivity contribution in [3.8, 4) is 5.75 Å². The average molecular weight is 365 g/mol. The first-order chi connectivity index (χ1) is 11.5. The minimum absolute atomic E-state index is 0.0375. The Labute approximate surface area is 149 Å². The Bertz CT molecular complexity index is 810. The van der Waals surface area contributed by atoms with Crippen molar-refractivity contribution in [2.24, 2.45) is 0 Å². The number of nitrogens with zero attached hydrogens (tertiary/aromatic N) is 1. The molecule has 0 aromatic heterocycles. The second-order valence-electron chi connectivity index (χ2n) is 5.26. The van der Waals surface area contributed by atoms with Gasteiger partial charge in [0.15, 0.2) is 0 Å². The highest BCUT2D eigenvalue weighted by molar-refractivity contribution is 6.38. The van der Waals surface area contributed by atoms with Crippen LogP contribution < -0.4 is 15.0 Å². The summed E-state index contributed by atoms with van der Waals surface area (Å²) in [5.74, 6) is -0.0903. The summed E-state index contributed by atoms with van der Waals surface area (Å²) < 4.78 is 5.25. The number of benzene rings is 2. The zero-order chi connectivity index (χ0) is 17.3. The number of carbonyl (C=O) groups excluding carboxylic acids is 2. The van der Waals surface area contributed by atoms with E-state index >= 15 is 0 Å². The quantitative estimate of drug-likeness (QED) is 0.839. The highest BCUT2D eigenvalue weighted by atomic mass is 35.5. The topological polar surface area (TPSA) is 58.6 Å². The van der Waals surface area contributed by atoms with Crippen LogP contribution in [0.15, 0.2) is 42.5 Å². The van der Waals surface area contributed by atoms with Gasteiger partial charge in [0.2, 0.25) is 5.91 Å². The van der Waals surface area contributed by atoms with Crippen LogP contribution in [0.1, 0.15) is 6.42 Å². The Morgan fingerprint density at radius 3 is 2.62 bits per heavy atom. The lowest BCUT2D eigenvalue weighted by molar-refractivity contribution is -0.121. The van der Waals surface area contributed by atoms with Crippen LogP contribution in [-0.2, 0) is 9.59 Å². The lowest BCUT2D eigenvalue weighted by atomic mass is 10.2. The third-order valence-corrected chi connectivity index (χ3v) is 4.27. The first-order valence-electron chi connectivity index (χ1n) is 7.22. The minimum Gasteiger partial charge on any atom is -0.495 e. The molecule has 124 valence electrons. The van der Waals surface area contributed by atoms with Crippen molar-refractivity contribution in [2.75, 3.05) is 17.3 Å². The van der Waals surface area contributed by atoms with Crippen molar-refractivity contribution >= 4 is 46.4 Å². The number of imide groups is 1. The van der Waals surface area contributed by atoms with Gasteiger partial charge >= 0.3 is 0 Å². The van der Waals surface area contributed by atoms with E-state index in [4.69, 9.17) is 27.9 Å². The van der Waals surface area contributed by atoms with Crippen LogP contribution in [0, 0.1) is 0 Å². The molecule has 1 N–H and O–H groups in total. The van der Waals surface area contributed by atoms with Gasteiger partial charge in [-0.05, 0) is 30.3 Å². The van der Waals surface area contributed by atoms with Crippen molar-refractivity contribution in [2.45, 2.75) is 12.5 Å². The van der Waals surface area contributed by atoms with E-state index in [2.05, 4.69) is 5.32 Å². The van der Waals surface area contributed by atoms with Gasteiger partial charge in [-0.2, -0.15) is 0 Å². The molecule has 3 rings (SSSR count). The Morgan fingerprint density at radius 1 is 1.17 bits per heavy atom. The fourth-order valence-electron chi connectivity index (χ4n) is 2.61. The fourth-order valence-corrected chi connectivity index (χ4v) is 3.11. The Hall–Kier alpha value is -2.24. The zero-order valence-corrected chi connectivity index (χ0v) is 14.3. The third kappa shape index (κ3) is 3.05. The number of halogens is 2. The molecule has 2 aromatic rings. The van der Waals surface area contributed by atoms with Gasteiger partial charge in [0.25, 0.3) is 5.91 Å². The van der Waals surface area contributed by atoms with Crippen LogP contribution in [0.25, 0.3) is 0 Å². The first-order valence-corrected chi connectivity index (χ1v) is 7.98. The highest BCUT2D eigenvalue weighted by Crippen LogP contribution is 2.34. The van der Waals surface area contributed by atoms with Gasteiger partial charge in [0.1, 0.15) is 11.8 Å². The lowest BCUT2D eigenvalue weighted by Gasteiger charge is -2.18. The molecule has 1 saturated heterocycles. The number of rotatable bonds is 4. The Balaban J connectivity index is 1.86. The van der Waals surface area contributed by atoms with E-state index in [-0.39, 0.29) is 23.3 Å². The number of methoxy groups -OCH3 is 1. The van der Waals surface area contributed by atoms with Crippen LogP contribution in [0.3, 0.4) is 0 Å². The molecule has 7 heteroatoms. The zero-order valence-electron chi connectivity index (χ0n) is 12.8. The molecule has 1 aliphatic heterocycles. The molecule has 1 aliphatic rings. The van der Waals surface area contributed by atoms with E-state index in [1.165, 1.54) is 6.07 Å². The summed E-state index contributed by atoms with van der Waals surface area (Å²) in [6.45, 7) is 0. The standard InChI is InChI=1S/C17H14Cl2N2O3/c1-24-15-5-3-2-4-12(15)20-13-9-16(22)21(17(13)23)14-7-6-10(18)8-11(14)19/h2-8,13,20H,9H2,1H3. The van der Waals surface area contributed by atoms with Gasteiger partial charge in [-0.3, -0.25) is 9.59 Å². The van der Waals surface area contributed by atoms with Crippen molar-refractivity contribution in [1.29, 1.82) is 0 Å². The average Bonchev–Trinajstić information content (AvgIpc) is 2.83. The van der Waals surface area contributed by atoms with Crippen LogP contribution in [0.5, 0.6) is 5.75 Å². The maximum Gasteiger partial charge on any atom is 0.256 e. The molecule has 5 nitrogen and oxygen atoms in total. The summed E-state index contributed by atoms with van der Waals surface area (Å²) in [6, 6.07) is 11.2. The number of nitrogens with one attached hydrogen (secondary N) is 1. The van der Waals surface area contributed by atoms with E-state index in [0.29, 0.717) is 22.1 Å². The Morgan fingerprint density at radius 2 is 1.92 bits per heavy atom. The number of hydrogen-bond donors (Lipinski definition) is 1. The van der Waals surface area contributed by atoms with Gasteiger partial charge in [-0.15, -0.1) is 0 Å². The number of hydrogen-bond acceptors (Lipinski definition) is 4. The summed E-state index contributed by atoms with van der Waals surface area (Å²) in [4.78, 5) is 26.1. The van der Waals surface area contributed by atoms with Crippen LogP contribution in [0.2, 0.25) is 10.0 Å². The van der Waals surface area contributed by atoms with Gasteiger partial charge in [-0.1, -0.05) is 35.3 Å². The molecule has 2 aromatic carbocycles. The molecule has 24 heavy (non-hydrogen) atoms. The van der Waals surface area contributed by atoms with E-state index < -0.39 is 6.04 Å². The van der Waals surface area contributed by atoms with Crippen molar-refractivity contribution in [3.05, 3.63) is 52.5 Å². The molecular formula is C17H14Cl2N2O3. The SMILES string of the molecule is COc1ccccc1NC1CC(=O)N(c2ccc(Cl)cc2Cl)C1=O. The number of para-hydroxylation sites is 2. The first kappa shape index (κ1) is 16.6. The third-order valence-electron chi connectivity index (χ3n) is 3.73. The predicted octanol–water partition coefficient (Wildman–Crippen LogP) is 3.75.